The predicted octanol–water partition coefficient (Wildman–Crippen LogP) is 2.15. The number of hydrogen-bond donors (Lipinski definition) is 1. The van der Waals surface area contributed by atoms with Gasteiger partial charge in [-0.1, -0.05) is 31.2 Å². The SMILES string of the molecule is CCOC(=O)c1nnn(-c2ccc(C(C)C)cc2)c1N. The lowest BCUT2D eigenvalue weighted by atomic mass is 10.0. The molecule has 0 spiro atoms. The van der Waals surface area contributed by atoms with E-state index < -0.39 is 5.97 Å². The van der Waals surface area contributed by atoms with Crippen LogP contribution in [0.3, 0.4) is 0 Å². The summed E-state index contributed by atoms with van der Waals surface area (Å²) in [5.74, 6) is 0.0723. The van der Waals surface area contributed by atoms with Crippen LogP contribution in [0.2, 0.25) is 0 Å². The van der Waals surface area contributed by atoms with Crippen molar-refractivity contribution in [3.05, 3.63) is 35.5 Å². The summed E-state index contributed by atoms with van der Waals surface area (Å²) in [6.45, 7) is 6.24. The number of anilines is 1. The number of carbonyl (C=O) groups is 1. The van der Waals surface area contributed by atoms with Crippen LogP contribution in [-0.2, 0) is 4.74 Å². The predicted molar refractivity (Wildman–Crippen MR) is 75.8 cm³/mol. The number of nitrogen functional groups attached to an aromatic ring is 1. The fraction of sp³-hybridized carbons (Fsp3) is 0.357. The van der Waals surface area contributed by atoms with E-state index >= 15 is 0 Å². The first kappa shape index (κ1) is 14.0. The van der Waals surface area contributed by atoms with E-state index in [2.05, 4.69) is 24.2 Å². The topological polar surface area (TPSA) is 83.0 Å². The van der Waals surface area contributed by atoms with Gasteiger partial charge in [-0.05, 0) is 30.5 Å². The number of carbonyl (C=O) groups excluding carboxylic acids is 1. The van der Waals surface area contributed by atoms with Gasteiger partial charge in [-0.3, -0.25) is 0 Å². The number of nitrogens with two attached hydrogens (primary N) is 1. The normalized spacial score (nSPS) is 10.8. The van der Waals surface area contributed by atoms with Gasteiger partial charge in [0.25, 0.3) is 0 Å². The van der Waals surface area contributed by atoms with Gasteiger partial charge in [-0.15, -0.1) is 5.10 Å². The molecule has 0 unspecified atom stereocenters. The molecule has 2 N–H and O–H groups in total. The van der Waals surface area contributed by atoms with E-state index in [1.54, 1.807) is 6.92 Å². The van der Waals surface area contributed by atoms with E-state index in [9.17, 15) is 4.79 Å². The summed E-state index contributed by atoms with van der Waals surface area (Å²) in [6, 6.07) is 7.81. The van der Waals surface area contributed by atoms with Crippen molar-refractivity contribution in [3.8, 4) is 5.69 Å². The Morgan fingerprint density at radius 3 is 2.55 bits per heavy atom. The molecule has 1 aromatic carbocycles. The molecule has 0 saturated heterocycles. The van der Waals surface area contributed by atoms with E-state index in [1.165, 1.54) is 10.2 Å². The molecule has 1 aromatic heterocycles. The first-order valence-corrected chi connectivity index (χ1v) is 6.53. The summed E-state index contributed by atoms with van der Waals surface area (Å²) in [4.78, 5) is 11.6. The highest BCUT2D eigenvalue weighted by Crippen LogP contribution is 2.19. The van der Waals surface area contributed by atoms with Gasteiger partial charge in [0.15, 0.2) is 5.82 Å². The molecule has 0 fully saturated rings. The van der Waals surface area contributed by atoms with Crippen molar-refractivity contribution in [2.75, 3.05) is 12.3 Å². The first-order valence-electron chi connectivity index (χ1n) is 6.53. The van der Waals surface area contributed by atoms with Gasteiger partial charge in [0, 0.05) is 0 Å². The largest absolute Gasteiger partial charge is 0.461 e. The summed E-state index contributed by atoms with van der Waals surface area (Å²) >= 11 is 0. The molecular formula is C14H18N4O2. The summed E-state index contributed by atoms with van der Waals surface area (Å²) in [5.41, 5.74) is 7.92. The van der Waals surface area contributed by atoms with Crippen LogP contribution < -0.4 is 5.73 Å². The monoisotopic (exact) mass is 274 g/mol. The molecule has 1 heterocycles. The molecule has 0 radical (unpaired) electrons. The van der Waals surface area contributed by atoms with Crippen molar-refractivity contribution in [2.45, 2.75) is 26.7 Å². The molecule has 0 aliphatic carbocycles. The summed E-state index contributed by atoms with van der Waals surface area (Å²) in [6.07, 6.45) is 0. The summed E-state index contributed by atoms with van der Waals surface area (Å²) < 4.78 is 6.30. The van der Waals surface area contributed by atoms with Crippen molar-refractivity contribution in [2.24, 2.45) is 0 Å². The van der Waals surface area contributed by atoms with Crippen LogP contribution in [0.15, 0.2) is 24.3 Å². The lowest BCUT2D eigenvalue weighted by Gasteiger charge is -2.07. The quantitative estimate of drug-likeness (QED) is 0.864. The van der Waals surface area contributed by atoms with Crippen molar-refractivity contribution >= 4 is 11.8 Å². The maximum absolute atomic E-state index is 11.6. The van der Waals surface area contributed by atoms with Gasteiger partial charge in [0.05, 0.1) is 12.3 Å². The molecule has 6 nitrogen and oxygen atoms in total. The molecule has 0 aliphatic heterocycles. The minimum absolute atomic E-state index is 0.0415. The van der Waals surface area contributed by atoms with E-state index in [-0.39, 0.29) is 18.1 Å². The standard InChI is InChI=1S/C14H18N4O2/c1-4-20-14(19)12-13(15)18(17-16-12)11-7-5-10(6-8-11)9(2)3/h5-9H,4,15H2,1-3H3. The Labute approximate surface area is 117 Å². The second-order valence-electron chi connectivity index (χ2n) is 4.70. The fourth-order valence-corrected chi connectivity index (χ4v) is 1.83. The van der Waals surface area contributed by atoms with Crippen molar-refractivity contribution in [1.29, 1.82) is 0 Å². The van der Waals surface area contributed by atoms with Crippen LogP contribution in [0.1, 0.15) is 42.7 Å². The Bertz CT molecular complexity index is 602. The maximum Gasteiger partial charge on any atom is 0.362 e. The van der Waals surface area contributed by atoms with Gasteiger partial charge in [0.1, 0.15) is 0 Å². The van der Waals surface area contributed by atoms with E-state index in [4.69, 9.17) is 10.5 Å². The molecule has 6 heteroatoms. The average molecular weight is 274 g/mol. The minimum Gasteiger partial charge on any atom is -0.461 e. The van der Waals surface area contributed by atoms with E-state index in [0.717, 1.165) is 5.69 Å². The van der Waals surface area contributed by atoms with Gasteiger partial charge in [-0.25, -0.2) is 4.79 Å². The van der Waals surface area contributed by atoms with Gasteiger partial charge >= 0.3 is 5.97 Å². The zero-order valence-corrected chi connectivity index (χ0v) is 11.8. The molecule has 0 atom stereocenters. The van der Waals surface area contributed by atoms with Gasteiger partial charge < -0.3 is 10.5 Å². The number of aromatic nitrogens is 3. The number of rotatable bonds is 4. The lowest BCUT2D eigenvalue weighted by molar-refractivity contribution is 0.0520. The van der Waals surface area contributed by atoms with Crippen LogP contribution in [0, 0.1) is 0 Å². The molecule has 2 aromatic rings. The Balaban J connectivity index is 2.32. The van der Waals surface area contributed by atoms with Crippen LogP contribution in [0.5, 0.6) is 0 Å². The van der Waals surface area contributed by atoms with Gasteiger partial charge in [0.2, 0.25) is 5.69 Å². The van der Waals surface area contributed by atoms with Crippen LogP contribution >= 0.6 is 0 Å². The first-order chi connectivity index (χ1) is 9.54. The Morgan fingerprint density at radius 1 is 1.35 bits per heavy atom. The van der Waals surface area contributed by atoms with Crippen LogP contribution in [0.25, 0.3) is 5.69 Å². The highest BCUT2D eigenvalue weighted by atomic mass is 16.5. The molecular weight excluding hydrogens is 256 g/mol. The van der Waals surface area contributed by atoms with Crippen LogP contribution in [-0.4, -0.2) is 27.6 Å². The summed E-state index contributed by atoms with van der Waals surface area (Å²) in [5, 5.41) is 7.69. The second kappa shape index (κ2) is 5.73. The highest BCUT2D eigenvalue weighted by molar-refractivity contribution is 5.92. The number of esters is 1. The fourth-order valence-electron chi connectivity index (χ4n) is 1.83. The Hall–Kier alpha value is -2.37. The zero-order chi connectivity index (χ0) is 14.7. The second-order valence-corrected chi connectivity index (χ2v) is 4.70. The third kappa shape index (κ3) is 2.64. The molecule has 0 bridgehead atoms. The van der Waals surface area contributed by atoms with Crippen molar-refractivity contribution < 1.29 is 9.53 Å². The number of nitrogens with zero attached hydrogens (tertiary/aromatic N) is 3. The number of benzene rings is 1. The molecule has 106 valence electrons. The Kier molecular flexibility index (Phi) is 4.02. The van der Waals surface area contributed by atoms with Gasteiger partial charge in [-0.2, -0.15) is 4.68 Å². The maximum atomic E-state index is 11.6. The smallest absolute Gasteiger partial charge is 0.362 e. The Morgan fingerprint density at radius 2 is 2.00 bits per heavy atom. The lowest BCUT2D eigenvalue weighted by Crippen LogP contribution is -2.09. The average Bonchev–Trinajstić information content (AvgIpc) is 2.81. The number of hydrogen-bond acceptors (Lipinski definition) is 5. The molecule has 20 heavy (non-hydrogen) atoms. The highest BCUT2D eigenvalue weighted by Gasteiger charge is 2.19. The van der Waals surface area contributed by atoms with Crippen LogP contribution in [0.4, 0.5) is 5.82 Å². The number of ether oxygens (including phenoxy) is 1. The van der Waals surface area contributed by atoms with E-state index in [0.29, 0.717) is 5.92 Å². The van der Waals surface area contributed by atoms with Crippen molar-refractivity contribution in [3.63, 3.8) is 0 Å². The molecule has 0 saturated carbocycles. The van der Waals surface area contributed by atoms with Crippen molar-refractivity contribution in [1.82, 2.24) is 15.0 Å². The molecule has 0 aliphatic rings. The minimum atomic E-state index is -0.560. The third-order valence-corrected chi connectivity index (χ3v) is 2.98. The zero-order valence-electron chi connectivity index (χ0n) is 11.8. The molecule has 0 amide bonds. The third-order valence-electron chi connectivity index (χ3n) is 2.98. The molecule has 2 rings (SSSR count). The summed E-state index contributed by atoms with van der Waals surface area (Å²) in [7, 11) is 0. The van der Waals surface area contributed by atoms with E-state index in [1.807, 2.05) is 24.3 Å².